The predicted octanol–water partition coefficient (Wildman–Crippen LogP) is 1.72. The highest BCUT2D eigenvalue weighted by Gasteiger charge is 1.96. The van der Waals surface area contributed by atoms with Gasteiger partial charge in [-0.05, 0) is 13.0 Å². The van der Waals surface area contributed by atoms with Crippen molar-refractivity contribution in [2.45, 2.75) is 13.0 Å². The van der Waals surface area contributed by atoms with E-state index in [2.05, 4.69) is 0 Å². The van der Waals surface area contributed by atoms with Gasteiger partial charge in [-0.3, -0.25) is 0 Å². The minimum absolute atomic E-state index is 0. The van der Waals surface area contributed by atoms with Crippen molar-refractivity contribution in [3.8, 4) is 0 Å². The Kier molecular flexibility index (Phi) is 3.35. The molecule has 1 atom stereocenters. The summed E-state index contributed by atoms with van der Waals surface area (Å²) in [6.45, 7) is 1.92. The second-order valence-electron chi connectivity index (χ2n) is 1.85. The van der Waals surface area contributed by atoms with Crippen molar-refractivity contribution in [1.29, 1.82) is 0 Å². The molecule has 0 aliphatic rings. The molecule has 3 heteroatoms. The third-order valence-corrected chi connectivity index (χ3v) is 1.07. The number of furan rings is 1. The van der Waals surface area contributed by atoms with Gasteiger partial charge in [-0.1, -0.05) is 0 Å². The van der Waals surface area contributed by atoms with E-state index in [4.69, 9.17) is 10.2 Å². The topological polar surface area (TPSA) is 39.2 Å². The fourth-order valence-electron chi connectivity index (χ4n) is 0.534. The van der Waals surface area contributed by atoms with Gasteiger partial charge in [-0.15, -0.1) is 12.4 Å². The lowest BCUT2D eigenvalue weighted by Crippen LogP contribution is -2.02. The Morgan fingerprint density at radius 2 is 2.33 bits per heavy atom. The fourth-order valence-corrected chi connectivity index (χ4v) is 0.534. The number of hydrogen-bond donors (Lipinski definition) is 1. The summed E-state index contributed by atoms with van der Waals surface area (Å²) in [6, 6.07) is 1.96. The molecule has 0 saturated heterocycles. The first kappa shape index (κ1) is 8.53. The lowest BCUT2D eigenvalue weighted by Gasteiger charge is -1.95. The SMILES string of the molecule is C[C@H](N)c1ccoc1.Cl. The molecule has 1 rings (SSSR count). The van der Waals surface area contributed by atoms with Crippen molar-refractivity contribution in [2.75, 3.05) is 0 Å². The largest absolute Gasteiger partial charge is 0.472 e. The first-order valence-electron chi connectivity index (χ1n) is 2.58. The maximum atomic E-state index is 5.50. The number of hydrogen-bond acceptors (Lipinski definition) is 2. The van der Waals surface area contributed by atoms with Crippen LogP contribution in [-0.4, -0.2) is 0 Å². The van der Waals surface area contributed by atoms with E-state index in [0.717, 1.165) is 5.56 Å². The Hall–Kier alpha value is -0.470. The van der Waals surface area contributed by atoms with Crippen LogP contribution in [0, 0.1) is 0 Å². The van der Waals surface area contributed by atoms with Crippen LogP contribution in [-0.2, 0) is 0 Å². The van der Waals surface area contributed by atoms with E-state index < -0.39 is 0 Å². The second-order valence-corrected chi connectivity index (χ2v) is 1.85. The van der Waals surface area contributed by atoms with Crippen LogP contribution in [0.3, 0.4) is 0 Å². The smallest absolute Gasteiger partial charge is 0.0950 e. The average Bonchev–Trinajstić information content (AvgIpc) is 2.12. The highest BCUT2D eigenvalue weighted by molar-refractivity contribution is 5.85. The van der Waals surface area contributed by atoms with Crippen LogP contribution >= 0.6 is 12.4 Å². The molecule has 9 heavy (non-hydrogen) atoms. The van der Waals surface area contributed by atoms with Crippen molar-refractivity contribution in [3.63, 3.8) is 0 Å². The summed E-state index contributed by atoms with van der Waals surface area (Å²) in [6.07, 6.45) is 3.28. The zero-order valence-electron chi connectivity index (χ0n) is 5.20. The van der Waals surface area contributed by atoms with E-state index in [-0.39, 0.29) is 18.4 Å². The normalized spacial score (nSPS) is 12.2. The van der Waals surface area contributed by atoms with E-state index in [1.165, 1.54) is 0 Å². The van der Waals surface area contributed by atoms with Gasteiger partial charge in [0.15, 0.2) is 0 Å². The van der Waals surface area contributed by atoms with Crippen molar-refractivity contribution >= 4 is 12.4 Å². The minimum Gasteiger partial charge on any atom is -0.472 e. The van der Waals surface area contributed by atoms with Crippen LogP contribution in [0.2, 0.25) is 0 Å². The monoisotopic (exact) mass is 147 g/mol. The van der Waals surface area contributed by atoms with Crippen LogP contribution in [0.15, 0.2) is 23.0 Å². The summed E-state index contributed by atoms with van der Waals surface area (Å²) in [5, 5.41) is 0. The standard InChI is InChI=1S/C6H9NO.ClH/c1-5(7)6-2-3-8-4-6;/h2-5H,7H2,1H3;1H/t5-;/m0./s1. The first-order valence-corrected chi connectivity index (χ1v) is 2.58. The number of rotatable bonds is 1. The van der Waals surface area contributed by atoms with Crippen LogP contribution in [0.5, 0.6) is 0 Å². The number of halogens is 1. The molecule has 1 aromatic rings. The molecule has 52 valence electrons. The van der Waals surface area contributed by atoms with Gasteiger partial charge in [-0.25, -0.2) is 0 Å². The van der Waals surface area contributed by atoms with Crippen molar-refractivity contribution in [2.24, 2.45) is 5.73 Å². The Morgan fingerprint density at radius 1 is 1.67 bits per heavy atom. The highest BCUT2D eigenvalue weighted by Crippen LogP contribution is 2.07. The Morgan fingerprint density at radius 3 is 2.56 bits per heavy atom. The Bertz CT molecular complexity index is 148. The molecule has 0 fully saturated rings. The average molecular weight is 148 g/mol. The summed E-state index contributed by atoms with van der Waals surface area (Å²) >= 11 is 0. The highest BCUT2D eigenvalue weighted by atomic mass is 35.5. The van der Waals surface area contributed by atoms with Crippen molar-refractivity contribution in [1.82, 2.24) is 0 Å². The molecule has 0 aliphatic heterocycles. The molecule has 0 saturated carbocycles. The lowest BCUT2D eigenvalue weighted by molar-refractivity contribution is 0.561. The van der Waals surface area contributed by atoms with Gasteiger partial charge in [0.1, 0.15) is 0 Å². The minimum atomic E-state index is 0. The molecule has 0 spiro atoms. The summed E-state index contributed by atoms with van der Waals surface area (Å²) in [4.78, 5) is 0. The first-order chi connectivity index (χ1) is 3.80. The molecule has 2 N–H and O–H groups in total. The summed E-state index contributed by atoms with van der Waals surface area (Å²) in [5.41, 5.74) is 6.54. The predicted molar refractivity (Wildman–Crippen MR) is 38.6 cm³/mol. The molecule has 1 heterocycles. The zero-order chi connectivity index (χ0) is 5.98. The molecule has 0 radical (unpaired) electrons. The molecule has 0 unspecified atom stereocenters. The molecule has 0 aromatic carbocycles. The van der Waals surface area contributed by atoms with Gasteiger partial charge >= 0.3 is 0 Å². The quantitative estimate of drug-likeness (QED) is 0.657. The lowest BCUT2D eigenvalue weighted by atomic mass is 10.2. The molecule has 2 nitrogen and oxygen atoms in total. The van der Waals surface area contributed by atoms with E-state index in [9.17, 15) is 0 Å². The van der Waals surface area contributed by atoms with Gasteiger partial charge in [0.2, 0.25) is 0 Å². The summed E-state index contributed by atoms with van der Waals surface area (Å²) < 4.78 is 4.80. The van der Waals surface area contributed by atoms with Gasteiger partial charge in [0.05, 0.1) is 12.5 Å². The Labute approximate surface area is 60.4 Å². The third kappa shape index (κ3) is 2.08. The molecule has 0 aliphatic carbocycles. The molecular formula is C6H10ClNO. The maximum Gasteiger partial charge on any atom is 0.0950 e. The van der Waals surface area contributed by atoms with Crippen molar-refractivity contribution in [3.05, 3.63) is 24.2 Å². The van der Waals surface area contributed by atoms with Crippen LogP contribution < -0.4 is 5.73 Å². The van der Waals surface area contributed by atoms with E-state index in [0.29, 0.717) is 0 Å². The summed E-state index contributed by atoms with van der Waals surface area (Å²) in [7, 11) is 0. The fraction of sp³-hybridized carbons (Fsp3) is 0.333. The van der Waals surface area contributed by atoms with Gasteiger partial charge < -0.3 is 10.2 Å². The van der Waals surface area contributed by atoms with E-state index >= 15 is 0 Å². The van der Waals surface area contributed by atoms with Crippen LogP contribution in [0.4, 0.5) is 0 Å². The number of nitrogens with two attached hydrogens (primary N) is 1. The second kappa shape index (κ2) is 3.54. The van der Waals surface area contributed by atoms with Crippen molar-refractivity contribution < 1.29 is 4.42 Å². The summed E-state index contributed by atoms with van der Waals surface area (Å²) in [5.74, 6) is 0. The van der Waals surface area contributed by atoms with E-state index in [1.54, 1.807) is 12.5 Å². The molecule has 0 amide bonds. The zero-order valence-corrected chi connectivity index (χ0v) is 6.02. The molecule has 1 aromatic heterocycles. The van der Waals surface area contributed by atoms with E-state index in [1.807, 2.05) is 13.0 Å². The molecule has 0 bridgehead atoms. The van der Waals surface area contributed by atoms with Gasteiger partial charge in [0.25, 0.3) is 0 Å². The Balaban J connectivity index is 0.000000640. The maximum absolute atomic E-state index is 5.50. The van der Waals surface area contributed by atoms with Crippen LogP contribution in [0.1, 0.15) is 18.5 Å². The third-order valence-electron chi connectivity index (χ3n) is 1.07. The molecular weight excluding hydrogens is 138 g/mol. The van der Waals surface area contributed by atoms with Gasteiger partial charge in [-0.2, -0.15) is 0 Å². The van der Waals surface area contributed by atoms with Gasteiger partial charge in [0, 0.05) is 11.6 Å². The van der Waals surface area contributed by atoms with Crippen LogP contribution in [0.25, 0.3) is 0 Å².